The molecule has 1 aromatic heterocycles. The van der Waals surface area contributed by atoms with Gasteiger partial charge in [-0.3, -0.25) is 24.2 Å². The Hall–Kier alpha value is -5.81. The third kappa shape index (κ3) is 16.2. The predicted octanol–water partition coefficient (Wildman–Crippen LogP) is 3.15. The van der Waals surface area contributed by atoms with Gasteiger partial charge >= 0.3 is 10.5 Å². The first-order chi connectivity index (χ1) is 27.8. The average molecular weight is 848 g/mol. The average Bonchev–Trinajstić information content (AvgIpc) is 3.51. The summed E-state index contributed by atoms with van der Waals surface area (Å²) >= 11 is 0. The lowest BCUT2D eigenvalue weighted by Crippen LogP contribution is -2.43. The summed E-state index contributed by atoms with van der Waals surface area (Å²) < 4.78 is 69.6. The largest absolute Gasteiger partial charge is 0.492 e. The zero-order valence-electron chi connectivity index (χ0n) is 32.8. The second-order valence-corrected chi connectivity index (χ2v) is 14.9. The fourth-order valence-corrected chi connectivity index (χ4v) is 6.28. The van der Waals surface area contributed by atoms with E-state index in [1.54, 1.807) is 36.4 Å². The van der Waals surface area contributed by atoms with Gasteiger partial charge in [-0.05, 0) is 67.6 Å². The molecule has 2 atom stereocenters. The van der Waals surface area contributed by atoms with Crippen molar-refractivity contribution >= 4 is 50.8 Å². The van der Waals surface area contributed by atoms with E-state index in [1.165, 1.54) is 31.3 Å². The minimum absolute atomic E-state index is 0.0279. The summed E-state index contributed by atoms with van der Waals surface area (Å²) in [4.78, 5) is 65.8. The summed E-state index contributed by atoms with van der Waals surface area (Å²) in [6, 6.07) is 12.7. The molecule has 320 valence electrons. The van der Waals surface area contributed by atoms with E-state index in [0.717, 1.165) is 10.5 Å². The van der Waals surface area contributed by atoms with E-state index in [0.29, 0.717) is 49.0 Å². The number of benzene rings is 2. The molecule has 3 aromatic rings. The van der Waals surface area contributed by atoms with Gasteiger partial charge in [-0.25, -0.2) is 8.78 Å². The number of carbonyl (C=O) groups excluding carboxylic acids is 5. The molecule has 5 N–H and O–H groups in total. The molecule has 16 nitrogen and oxygen atoms in total. The number of nitrogens with one attached hydrogen (secondary N) is 3. The number of pyridine rings is 1. The number of hydrogen-bond acceptors (Lipinski definition) is 12. The summed E-state index contributed by atoms with van der Waals surface area (Å²) in [5.74, 6) is -4.82. The number of likely N-dealkylation sites (tertiary alicyclic amines) is 1. The van der Waals surface area contributed by atoms with Crippen molar-refractivity contribution in [3.63, 3.8) is 0 Å². The predicted molar refractivity (Wildman–Crippen MR) is 209 cm³/mol. The van der Waals surface area contributed by atoms with Crippen LogP contribution in [0, 0.1) is 23.2 Å². The number of ketones is 1. The quantitative estimate of drug-likeness (QED) is 0.101. The van der Waals surface area contributed by atoms with E-state index in [4.69, 9.17) is 15.7 Å². The van der Waals surface area contributed by atoms with Gasteiger partial charge in [0.1, 0.15) is 29.9 Å². The number of fused-ring (bicyclic) bond motifs is 1. The van der Waals surface area contributed by atoms with E-state index in [2.05, 4.69) is 25.1 Å². The number of alkyl halides is 2. The highest BCUT2D eigenvalue weighted by atomic mass is 32.3. The molecule has 2 heterocycles. The first-order valence-corrected chi connectivity index (χ1v) is 20.0. The Bertz CT molecular complexity index is 2100. The Labute approximate surface area is 340 Å². The lowest BCUT2D eigenvalue weighted by Gasteiger charge is -2.20. The van der Waals surface area contributed by atoms with Crippen molar-refractivity contribution in [2.75, 3.05) is 39.3 Å². The molecule has 59 heavy (non-hydrogen) atoms. The third-order valence-electron chi connectivity index (χ3n) is 8.94. The molecular weight excluding hydrogens is 800 g/mol. The van der Waals surface area contributed by atoms with Gasteiger partial charge in [0, 0.05) is 49.9 Å². The number of nitriles is 1. The van der Waals surface area contributed by atoms with Crippen molar-refractivity contribution in [3.8, 4) is 17.6 Å². The van der Waals surface area contributed by atoms with Crippen molar-refractivity contribution < 1.29 is 54.0 Å². The number of Topliss-reactive ketones (excluding diaryl/α,β-unsaturated/α-hetero) is 1. The molecule has 0 radical (unpaired) electrons. The molecule has 0 aliphatic carbocycles. The van der Waals surface area contributed by atoms with Gasteiger partial charge < -0.3 is 40.3 Å². The SMILES string of the molecule is CC(=O)CCc1ccc(OS(=O)(=O)F)cc1.CC(C)C(CCC(=O)NCCN)C(=O)NCCOc1ccc2nccc(C(=O)NCC(=O)N3CC(F)(F)CC3C#N)c2c1. The Morgan fingerprint density at radius 1 is 1.02 bits per heavy atom. The summed E-state index contributed by atoms with van der Waals surface area (Å²) in [5.41, 5.74) is 6.93. The summed E-state index contributed by atoms with van der Waals surface area (Å²) in [6.07, 6.45) is 2.29. The Kier molecular flexibility index (Phi) is 18.0. The minimum atomic E-state index is -4.97. The maximum absolute atomic E-state index is 13.7. The second kappa shape index (κ2) is 22.4. The lowest BCUT2D eigenvalue weighted by atomic mass is 9.90. The van der Waals surface area contributed by atoms with Crippen LogP contribution >= 0.6 is 0 Å². The maximum atomic E-state index is 13.7. The van der Waals surface area contributed by atoms with Crippen LogP contribution in [0.4, 0.5) is 12.7 Å². The second-order valence-electron chi connectivity index (χ2n) is 13.9. The fraction of sp³-hybridized carbons (Fsp3) is 0.462. The van der Waals surface area contributed by atoms with Crippen LogP contribution in [0.2, 0.25) is 0 Å². The number of rotatable bonds is 19. The molecule has 1 fully saturated rings. The van der Waals surface area contributed by atoms with Gasteiger partial charge in [0.15, 0.2) is 0 Å². The first-order valence-electron chi connectivity index (χ1n) is 18.7. The molecule has 0 spiro atoms. The number of hydrogen-bond donors (Lipinski definition) is 4. The molecule has 2 unspecified atom stereocenters. The highest BCUT2D eigenvalue weighted by Gasteiger charge is 2.47. The molecule has 1 aliphatic heterocycles. The Morgan fingerprint density at radius 2 is 1.71 bits per heavy atom. The lowest BCUT2D eigenvalue weighted by molar-refractivity contribution is -0.131. The van der Waals surface area contributed by atoms with Crippen molar-refractivity contribution in [2.45, 2.75) is 64.8 Å². The van der Waals surface area contributed by atoms with Crippen molar-refractivity contribution in [3.05, 3.63) is 65.9 Å². The van der Waals surface area contributed by atoms with Crippen LogP contribution in [0.1, 0.15) is 62.4 Å². The van der Waals surface area contributed by atoms with Gasteiger partial charge in [0.25, 0.3) is 11.8 Å². The number of aryl methyl sites for hydroxylation is 1. The Morgan fingerprint density at radius 3 is 2.34 bits per heavy atom. The molecule has 2 aromatic carbocycles. The van der Waals surface area contributed by atoms with Crippen molar-refractivity contribution in [1.29, 1.82) is 5.26 Å². The molecular formula is C39H48F3N7O9S. The van der Waals surface area contributed by atoms with Crippen LogP contribution in [0.5, 0.6) is 11.5 Å². The van der Waals surface area contributed by atoms with Gasteiger partial charge in [-0.1, -0.05) is 29.9 Å². The van der Waals surface area contributed by atoms with Crippen LogP contribution in [-0.2, 0) is 36.1 Å². The number of aromatic nitrogens is 1. The topological polar surface area (TPSA) is 240 Å². The molecule has 1 aliphatic rings. The number of nitrogens with two attached hydrogens (primary N) is 1. The van der Waals surface area contributed by atoms with E-state index in [-0.39, 0.29) is 60.3 Å². The van der Waals surface area contributed by atoms with Crippen LogP contribution in [0.25, 0.3) is 10.9 Å². The number of nitrogens with zero attached hydrogens (tertiary/aromatic N) is 3. The van der Waals surface area contributed by atoms with E-state index in [1.807, 2.05) is 13.8 Å². The number of carbonyl (C=O) groups is 5. The fourth-order valence-electron chi connectivity index (χ4n) is 5.94. The number of ether oxygens (including phenoxy) is 1. The van der Waals surface area contributed by atoms with Crippen LogP contribution in [-0.4, -0.2) is 99.0 Å². The molecule has 0 saturated carbocycles. The standard InChI is InChI=1S/C29H37F2N7O5.C10H11FO4S/c1-18(2)21(4-6-25(39)35-10-8-32)27(41)36-11-12-43-20-3-5-24-23(13-20)22(7-9-34-24)28(42)37-16-26(40)38-17-29(30,31)14-19(38)15-33;1-8(12)2-3-9-4-6-10(7-5-9)15-16(11,13)14/h3,5,7,9,13,18-19,21H,4,6,8,10-12,14,16-17,32H2,1-2H3,(H,35,39)(H,36,41)(H,37,42);4-7H,2-3H2,1H3. The summed E-state index contributed by atoms with van der Waals surface area (Å²) in [7, 11) is -4.97. The number of amides is 4. The highest BCUT2D eigenvalue weighted by molar-refractivity contribution is 7.81. The number of halogens is 3. The van der Waals surface area contributed by atoms with Crippen LogP contribution < -0.4 is 30.6 Å². The minimum Gasteiger partial charge on any atom is -0.492 e. The Balaban J connectivity index is 0.000000486. The van der Waals surface area contributed by atoms with E-state index < -0.39 is 53.8 Å². The third-order valence-corrected chi connectivity index (χ3v) is 9.33. The van der Waals surface area contributed by atoms with Gasteiger partial charge in [-0.15, -0.1) is 0 Å². The molecule has 4 amide bonds. The first kappa shape index (κ1) is 47.6. The zero-order chi connectivity index (χ0) is 43.8. The molecule has 0 bridgehead atoms. The summed E-state index contributed by atoms with van der Waals surface area (Å²) in [6.45, 7) is 4.98. The maximum Gasteiger partial charge on any atom is 0.488 e. The molecule has 4 rings (SSSR count). The van der Waals surface area contributed by atoms with Crippen LogP contribution in [0.15, 0.2) is 54.7 Å². The smallest absolute Gasteiger partial charge is 0.488 e. The van der Waals surface area contributed by atoms with E-state index in [9.17, 15) is 45.1 Å². The van der Waals surface area contributed by atoms with E-state index >= 15 is 0 Å². The van der Waals surface area contributed by atoms with Gasteiger partial charge in [-0.2, -0.15) is 13.7 Å². The normalized spacial score (nSPS) is 15.0. The molecule has 1 saturated heterocycles. The monoisotopic (exact) mass is 847 g/mol. The van der Waals surface area contributed by atoms with Gasteiger partial charge in [0.2, 0.25) is 17.7 Å². The van der Waals surface area contributed by atoms with Gasteiger partial charge in [0.05, 0.1) is 36.8 Å². The highest BCUT2D eigenvalue weighted by Crippen LogP contribution is 2.31. The zero-order valence-corrected chi connectivity index (χ0v) is 33.7. The van der Waals surface area contributed by atoms with Crippen molar-refractivity contribution in [1.82, 2.24) is 25.8 Å². The molecule has 20 heteroatoms. The van der Waals surface area contributed by atoms with Crippen LogP contribution in [0.3, 0.4) is 0 Å². The summed E-state index contributed by atoms with van der Waals surface area (Å²) in [5, 5.41) is 17.5. The van der Waals surface area contributed by atoms with Crippen molar-refractivity contribution in [2.24, 2.45) is 17.6 Å².